The Morgan fingerprint density at radius 3 is 3.17 bits per heavy atom. The molecular weight excluding hydrogens is 296 g/mol. The van der Waals surface area contributed by atoms with Crippen LogP contribution in [0.3, 0.4) is 0 Å². The highest BCUT2D eigenvalue weighted by Gasteiger charge is 2.27. The molecule has 1 unspecified atom stereocenters. The van der Waals surface area contributed by atoms with Crippen molar-refractivity contribution in [3.05, 3.63) is 35.4 Å². The summed E-state index contributed by atoms with van der Waals surface area (Å²) >= 11 is 3.39. The van der Waals surface area contributed by atoms with Crippen molar-refractivity contribution in [2.24, 2.45) is 0 Å². The van der Waals surface area contributed by atoms with Crippen LogP contribution in [0.15, 0.2) is 24.3 Å². The number of alkyl halides is 1. The van der Waals surface area contributed by atoms with Crippen LogP contribution in [0.2, 0.25) is 0 Å². The van der Waals surface area contributed by atoms with Crippen molar-refractivity contribution in [1.29, 1.82) is 5.26 Å². The Morgan fingerprint density at radius 2 is 2.44 bits per heavy atom. The predicted octanol–water partition coefficient (Wildman–Crippen LogP) is 1.79. The van der Waals surface area contributed by atoms with Crippen molar-refractivity contribution in [2.45, 2.75) is 6.04 Å². The van der Waals surface area contributed by atoms with E-state index in [2.05, 4.69) is 15.9 Å². The molecule has 0 aromatic heterocycles. The van der Waals surface area contributed by atoms with Gasteiger partial charge in [0.2, 0.25) is 0 Å². The van der Waals surface area contributed by atoms with Gasteiger partial charge >= 0.3 is 0 Å². The standard InChI is InChI=1S/C13H13BrN2O2/c14-7-12-9-18-5-4-16(12)13(17)11-3-1-2-10(6-11)8-15/h1-3,6,12H,4-5,7,9H2. The second-order valence-corrected chi connectivity index (χ2v) is 4.72. The smallest absolute Gasteiger partial charge is 0.254 e. The largest absolute Gasteiger partial charge is 0.377 e. The number of carbonyl (C=O) groups excluding carboxylic acids is 1. The minimum atomic E-state index is -0.0418. The molecule has 5 heteroatoms. The fourth-order valence-electron chi connectivity index (χ4n) is 1.94. The number of ether oxygens (including phenoxy) is 1. The number of rotatable bonds is 2. The summed E-state index contributed by atoms with van der Waals surface area (Å²) in [5.41, 5.74) is 1.06. The van der Waals surface area contributed by atoms with Crippen molar-refractivity contribution in [3.8, 4) is 6.07 Å². The number of morpholine rings is 1. The van der Waals surface area contributed by atoms with E-state index >= 15 is 0 Å². The van der Waals surface area contributed by atoms with Crippen LogP contribution in [0.25, 0.3) is 0 Å². The number of amides is 1. The summed E-state index contributed by atoms with van der Waals surface area (Å²) in [6.07, 6.45) is 0. The van der Waals surface area contributed by atoms with Crippen molar-refractivity contribution in [3.63, 3.8) is 0 Å². The highest BCUT2D eigenvalue weighted by atomic mass is 79.9. The number of nitrogens with zero attached hydrogens (tertiary/aromatic N) is 2. The monoisotopic (exact) mass is 308 g/mol. The second kappa shape index (κ2) is 5.98. The van der Waals surface area contributed by atoms with Crippen LogP contribution in [0.4, 0.5) is 0 Å². The minimum Gasteiger partial charge on any atom is -0.377 e. The first kappa shape index (κ1) is 13.1. The fraction of sp³-hybridized carbons (Fsp3) is 0.385. The van der Waals surface area contributed by atoms with Gasteiger partial charge in [-0.15, -0.1) is 0 Å². The topological polar surface area (TPSA) is 53.3 Å². The van der Waals surface area contributed by atoms with Gasteiger partial charge in [0.1, 0.15) is 0 Å². The molecule has 1 amide bonds. The van der Waals surface area contributed by atoms with Gasteiger partial charge < -0.3 is 9.64 Å². The van der Waals surface area contributed by atoms with E-state index < -0.39 is 0 Å². The molecule has 1 aliphatic rings. The van der Waals surface area contributed by atoms with E-state index in [0.717, 1.165) is 0 Å². The first-order valence-electron chi connectivity index (χ1n) is 5.71. The van der Waals surface area contributed by atoms with Gasteiger partial charge in [-0.05, 0) is 18.2 Å². The summed E-state index contributed by atoms with van der Waals surface area (Å²) in [6, 6.07) is 8.89. The molecule has 0 spiro atoms. The predicted molar refractivity (Wildman–Crippen MR) is 70.6 cm³/mol. The van der Waals surface area contributed by atoms with Gasteiger partial charge in [0, 0.05) is 17.4 Å². The third-order valence-corrected chi connectivity index (χ3v) is 3.65. The number of carbonyl (C=O) groups is 1. The van der Waals surface area contributed by atoms with Gasteiger partial charge in [-0.3, -0.25) is 4.79 Å². The summed E-state index contributed by atoms with van der Waals surface area (Å²) in [5, 5.41) is 9.54. The molecular formula is C13H13BrN2O2. The number of hydrogen-bond donors (Lipinski definition) is 0. The van der Waals surface area contributed by atoms with Crippen LogP contribution in [0.1, 0.15) is 15.9 Å². The normalized spacial score (nSPS) is 19.3. The number of hydrogen-bond acceptors (Lipinski definition) is 3. The highest BCUT2D eigenvalue weighted by Crippen LogP contribution is 2.15. The van der Waals surface area contributed by atoms with E-state index in [9.17, 15) is 4.79 Å². The van der Waals surface area contributed by atoms with Gasteiger partial charge in [-0.1, -0.05) is 22.0 Å². The van der Waals surface area contributed by atoms with Crippen LogP contribution in [-0.4, -0.2) is 41.9 Å². The third kappa shape index (κ3) is 2.71. The molecule has 4 nitrogen and oxygen atoms in total. The van der Waals surface area contributed by atoms with Crippen LogP contribution < -0.4 is 0 Å². The average Bonchev–Trinajstić information content (AvgIpc) is 2.46. The molecule has 2 rings (SSSR count). The second-order valence-electron chi connectivity index (χ2n) is 4.07. The number of nitriles is 1. The fourth-order valence-corrected chi connectivity index (χ4v) is 2.47. The molecule has 1 heterocycles. The van der Waals surface area contributed by atoms with Gasteiger partial charge in [0.15, 0.2) is 0 Å². The Balaban J connectivity index is 2.21. The third-order valence-electron chi connectivity index (χ3n) is 2.91. The first-order chi connectivity index (χ1) is 8.76. The van der Waals surface area contributed by atoms with Crippen LogP contribution in [-0.2, 0) is 4.74 Å². The zero-order valence-electron chi connectivity index (χ0n) is 9.80. The highest BCUT2D eigenvalue weighted by molar-refractivity contribution is 9.09. The summed E-state index contributed by atoms with van der Waals surface area (Å²) in [4.78, 5) is 14.2. The zero-order chi connectivity index (χ0) is 13.0. The average molecular weight is 309 g/mol. The molecule has 1 fully saturated rings. The van der Waals surface area contributed by atoms with Crippen molar-refractivity contribution in [2.75, 3.05) is 25.1 Å². The molecule has 0 saturated carbocycles. The zero-order valence-corrected chi connectivity index (χ0v) is 11.4. The van der Waals surface area contributed by atoms with Crippen LogP contribution >= 0.6 is 15.9 Å². The molecule has 1 saturated heterocycles. The Morgan fingerprint density at radius 1 is 1.61 bits per heavy atom. The lowest BCUT2D eigenvalue weighted by Gasteiger charge is -2.34. The van der Waals surface area contributed by atoms with Gasteiger partial charge in [0.25, 0.3) is 5.91 Å². The maximum absolute atomic E-state index is 12.4. The van der Waals surface area contributed by atoms with Gasteiger partial charge in [-0.2, -0.15) is 5.26 Å². The Labute approximate surface area is 114 Å². The van der Waals surface area contributed by atoms with Crippen LogP contribution in [0, 0.1) is 11.3 Å². The van der Waals surface area contributed by atoms with E-state index in [0.29, 0.717) is 36.2 Å². The molecule has 0 radical (unpaired) electrons. The van der Waals surface area contributed by atoms with Gasteiger partial charge in [0.05, 0.1) is 30.9 Å². The Kier molecular flexibility index (Phi) is 4.34. The van der Waals surface area contributed by atoms with Crippen LogP contribution in [0.5, 0.6) is 0 Å². The van der Waals surface area contributed by atoms with E-state index in [1.165, 1.54) is 0 Å². The molecule has 94 valence electrons. The van der Waals surface area contributed by atoms with Crippen molar-refractivity contribution >= 4 is 21.8 Å². The molecule has 0 bridgehead atoms. The molecule has 1 aromatic rings. The van der Waals surface area contributed by atoms with Gasteiger partial charge in [-0.25, -0.2) is 0 Å². The lowest BCUT2D eigenvalue weighted by molar-refractivity contribution is 0.00525. The summed E-state index contributed by atoms with van der Waals surface area (Å²) in [6.45, 7) is 1.70. The maximum atomic E-state index is 12.4. The molecule has 1 aliphatic heterocycles. The minimum absolute atomic E-state index is 0.0418. The quantitative estimate of drug-likeness (QED) is 0.783. The molecule has 1 aromatic carbocycles. The van der Waals surface area contributed by atoms with E-state index in [-0.39, 0.29) is 11.9 Å². The lowest BCUT2D eigenvalue weighted by atomic mass is 10.1. The molecule has 0 aliphatic carbocycles. The summed E-state index contributed by atoms with van der Waals surface area (Å²) < 4.78 is 5.36. The molecule has 18 heavy (non-hydrogen) atoms. The Hall–Kier alpha value is -1.38. The van der Waals surface area contributed by atoms with Crippen molar-refractivity contribution in [1.82, 2.24) is 4.90 Å². The number of halogens is 1. The number of benzene rings is 1. The Bertz CT molecular complexity index is 484. The SMILES string of the molecule is N#Cc1cccc(C(=O)N2CCOCC2CBr)c1. The molecule has 1 atom stereocenters. The lowest BCUT2D eigenvalue weighted by Crippen LogP contribution is -2.49. The van der Waals surface area contributed by atoms with Crippen molar-refractivity contribution < 1.29 is 9.53 Å². The van der Waals surface area contributed by atoms with E-state index in [4.69, 9.17) is 10.00 Å². The van der Waals surface area contributed by atoms with E-state index in [1.807, 2.05) is 6.07 Å². The summed E-state index contributed by atoms with van der Waals surface area (Å²) in [5.74, 6) is -0.0418. The summed E-state index contributed by atoms with van der Waals surface area (Å²) in [7, 11) is 0. The van der Waals surface area contributed by atoms with E-state index in [1.54, 1.807) is 29.2 Å². The maximum Gasteiger partial charge on any atom is 0.254 e. The molecule has 0 N–H and O–H groups in total. The first-order valence-corrected chi connectivity index (χ1v) is 6.83.